The number of amides is 2. The number of nitrogens with two attached hydrogens (primary N) is 2. The molecule has 0 aliphatic heterocycles. The largest absolute Gasteiger partial charge is 0.448 e. The fourth-order valence-corrected chi connectivity index (χ4v) is 1.36. The summed E-state index contributed by atoms with van der Waals surface area (Å²) in [6.07, 6.45) is -0.868. The van der Waals surface area contributed by atoms with Gasteiger partial charge in [0, 0.05) is 0 Å². The maximum absolute atomic E-state index is 11.7. The van der Waals surface area contributed by atoms with Crippen LogP contribution in [0.2, 0.25) is 0 Å². The lowest BCUT2D eigenvalue weighted by Gasteiger charge is -2.12. The summed E-state index contributed by atoms with van der Waals surface area (Å²) in [5, 5.41) is 2.55. The van der Waals surface area contributed by atoms with Crippen LogP contribution in [0.4, 0.5) is 4.79 Å². The molecule has 0 aliphatic rings. The third-order valence-corrected chi connectivity index (χ3v) is 2.36. The normalized spacial score (nSPS) is 11.7. The van der Waals surface area contributed by atoms with Crippen LogP contribution in [0, 0.1) is 6.92 Å². The van der Waals surface area contributed by atoms with Crippen LogP contribution in [-0.4, -0.2) is 25.2 Å². The summed E-state index contributed by atoms with van der Waals surface area (Å²) in [4.78, 5) is 22.0. The molecule has 0 saturated heterocycles. The quantitative estimate of drug-likeness (QED) is 0.650. The Kier molecular flexibility index (Phi) is 5.13. The van der Waals surface area contributed by atoms with Crippen molar-refractivity contribution in [2.24, 2.45) is 11.5 Å². The Morgan fingerprint density at radius 1 is 1.33 bits per heavy atom. The molecule has 1 atom stereocenters. The van der Waals surface area contributed by atoms with E-state index < -0.39 is 12.1 Å². The lowest BCUT2D eigenvalue weighted by Crippen LogP contribution is -2.36. The topological polar surface area (TPSA) is 107 Å². The standard InChI is InChI=1S/C12H17N3O3/c1-8-2-4-9(5-3-8)10(13)11(16)15-6-7-18-12(14)17/h2-5,10H,6-7,13H2,1H3,(H2,14,17)(H,15,16). The molecule has 5 N–H and O–H groups in total. The summed E-state index contributed by atoms with van der Waals surface area (Å²) in [5.74, 6) is -0.327. The number of hydrogen-bond acceptors (Lipinski definition) is 4. The van der Waals surface area contributed by atoms with E-state index in [4.69, 9.17) is 11.5 Å². The number of benzene rings is 1. The Morgan fingerprint density at radius 2 is 1.94 bits per heavy atom. The molecule has 1 rings (SSSR count). The lowest BCUT2D eigenvalue weighted by molar-refractivity contribution is -0.122. The minimum Gasteiger partial charge on any atom is -0.448 e. The Balaban J connectivity index is 2.41. The van der Waals surface area contributed by atoms with E-state index in [2.05, 4.69) is 10.1 Å². The van der Waals surface area contributed by atoms with Gasteiger partial charge in [0.25, 0.3) is 0 Å². The monoisotopic (exact) mass is 251 g/mol. The smallest absolute Gasteiger partial charge is 0.404 e. The molecule has 98 valence electrons. The molecule has 2 amide bonds. The third kappa shape index (κ3) is 4.42. The second kappa shape index (κ2) is 6.61. The molecule has 1 unspecified atom stereocenters. The van der Waals surface area contributed by atoms with Gasteiger partial charge >= 0.3 is 6.09 Å². The molecule has 0 aromatic heterocycles. The van der Waals surface area contributed by atoms with Gasteiger partial charge in [-0.1, -0.05) is 29.8 Å². The van der Waals surface area contributed by atoms with Crippen LogP contribution in [0.1, 0.15) is 17.2 Å². The minimum absolute atomic E-state index is 0.0295. The predicted molar refractivity (Wildman–Crippen MR) is 66.7 cm³/mol. The zero-order chi connectivity index (χ0) is 13.5. The summed E-state index contributed by atoms with van der Waals surface area (Å²) in [5.41, 5.74) is 12.4. The van der Waals surface area contributed by atoms with Crippen LogP contribution in [-0.2, 0) is 9.53 Å². The summed E-state index contributed by atoms with van der Waals surface area (Å²) in [6, 6.07) is 6.65. The first-order chi connectivity index (χ1) is 8.50. The zero-order valence-corrected chi connectivity index (χ0v) is 10.2. The molecule has 1 aromatic rings. The van der Waals surface area contributed by atoms with Gasteiger partial charge < -0.3 is 21.5 Å². The molecular formula is C12H17N3O3. The van der Waals surface area contributed by atoms with Gasteiger partial charge in [-0.3, -0.25) is 4.79 Å². The third-order valence-electron chi connectivity index (χ3n) is 2.36. The van der Waals surface area contributed by atoms with Gasteiger partial charge in [0.1, 0.15) is 12.6 Å². The van der Waals surface area contributed by atoms with Gasteiger partial charge in [0.05, 0.1) is 6.54 Å². The highest BCUT2D eigenvalue weighted by Crippen LogP contribution is 2.11. The average Bonchev–Trinajstić information content (AvgIpc) is 2.34. The molecule has 18 heavy (non-hydrogen) atoms. The van der Waals surface area contributed by atoms with Crippen molar-refractivity contribution in [1.82, 2.24) is 5.32 Å². The van der Waals surface area contributed by atoms with Crippen molar-refractivity contribution < 1.29 is 14.3 Å². The molecule has 6 nitrogen and oxygen atoms in total. The van der Waals surface area contributed by atoms with Gasteiger partial charge in [-0.15, -0.1) is 0 Å². The summed E-state index contributed by atoms with van der Waals surface area (Å²) < 4.78 is 4.48. The van der Waals surface area contributed by atoms with Crippen molar-refractivity contribution in [3.63, 3.8) is 0 Å². The van der Waals surface area contributed by atoms with Crippen LogP contribution < -0.4 is 16.8 Å². The van der Waals surface area contributed by atoms with Crippen LogP contribution >= 0.6 is 0 Å². The highest BCUT2D eigenvalue weighted by atomic mass is 16.5. The molecule has 0 heterocycles. The van der Waals surface area contributed by atoms with Crippen LogP contribution in [0.5, 0.6) is 0 Å². The maximum atomic E-state index is 11.7. The van der Waals surface area contributed by atoms with Crippen LogP contribution in [0.15, 0.2) is 24.3 Å². The van der Waals surface area contributed by atoms with E-state index in [9.17, 15) is 9.59 Å². The van der Waals surface area contributed by atoms with E-state index in [-0.39, 0.29) is 19.1 Å². The molecule has 1 aromatic carbocycles. The first kappa shape index (κ1) is 14.0. The van der Waals surface area contributed by atoms with Gasteiger partial charge in [-0.2, -0.15) is 0 Å². The number of primary amides is 1. The lowest BCUT2D eigenvalue weighted by atomic mass is 10.1. The van der Waals surface area contributed by atoms with Crippen molar-refractivity contribution in [3.8, 4) is 0 Å². The summed E-state index contributed by atoms with van der Waals surface area (Å²) in [7, 11) is 0. The van der Waals surface area contributed by atoms with Crippen LogP contribution in [0.3, 0.4) is 0 Å². The molecule has 0 bridgehead atoms. The average molecular weight is 251 g/mol. The fraction of sp³-hybridized carbons (Fsp3) is 0.333. The first-order valence-electron chi connectivity index (χ1n) is 5.53. The van der Waals surface area contributed by atoms with Gasteiger partial charge in [0.2, 0.25) is 5.91 Å². The van der Waals surface area contributed by atoms with Crippen molar-refractivity contribution in [3.05, 3.63) is 35.4 Å². The van der Waals surface area contributed by atoms with E-state index >= 15 is 0 Å². The Hall–Kier alpha value is -2.08. The molecule has 0 saturated carbocycles. The number of aryl methyl sites for hydroxylation is 1. The Bertz CT molecular complexity index is 417. The van der Waals surface area contributed by atoms with Crippen molar-refractivity contribution >= 4 is 12.0 Å². The van der Waals surface area contributed by atoms with Crippen LogP contribution in [0.25, 0.3) is 0 Å². The number of hydrogen-bond donors (Lipinski definition) is 3. The molecule has 0 radical (unpaired) electrons. The minimum atomic E-state index is -0.868. The predicted octanol–water partition coefficient (Wildman–Crippen LogP) is 0.206. The van der Waals surface area contributed by atoms with E-state index in [1.54, 1.807) is 12.1 Å². The first-order valence-corrected chi connectivity index (χ1v) is 5.53. The fourth-order valence-electron chi connectivity index (χ4n) is 1.36. The number of nitrogens with one attached hydrogen (secondary N) is 1. The SMILES string of the molecule is Cc1ccc(C(N)C(=O)NCCOC(N)=O)cc1. The molecule has 0 aliphatic carbocycles. The second-order valence-corrected chi connectivity index (χ2v) is 3.85. The van der Waals surface area contributed by atoms with E-state index in [0.29, 0.717) is 0 Å². The Morgan fingerprint density at radius 3 is 2.50 bits per heavy atom. The molecular weight excluding hydrogens is 234 g/mol. The van der Waals surface area contributed by atoms with Gasteiger partial charge in [-0.05, 0) is 12.5 Å². The molecule has 6 heteroatoms. The number of rotatable bonds is 5. The van der Waals surface area contributed by atoms with Crippen molar-refractivity contribution in [2.75, 3.05) is 13.2 Å². The van der Waals surface area contributed by atoms with Gasteiger partial charge in [0.15, 0.2) is 0 Å². The summed E-state index contributed by atoms with van der Waals surface area (Å²) in [6.45, 7) is 2.17. The molecule has 0 spiro atoms. The van der Waals surface area contributed by atoms with E-state index in [0.717, 1.165) is 11.1 Å². The number of carbonyl (C=O) groups is 2. The number of ether oxygens (including phenoxy) is 1. The summed E-state index contributed by atoms with van der Waals surface area (Å²) >= 11 is 0. The van der Waals surface area contributed by atoms with E-state index in [1.807, 2.05) is 19.1 Å². The van der Waals surface area contributed by atoms with Crippen molar-refractivity contribution in [1.29, 1.82) is 0 Å². The van der Waals surface area contributed by atoms with Crippen molar-refractivity contribution in [2.45, 2.75) is 13.0 Å². The Labute approximate surface area is 105 Å². The van der Waals surface area contributed by atoms with E-state index in [1.165, 1.54) is 0 Å². The zero-order valence-electron chi connectivity index (χ0n) is 10.2. The number of carbonyl (C=O) groups excluding carboxylic acids is 2. The molecule has 0 fully saturated rings. The highest BCUT2D eigenvalue weighted by molar-refractivity contribution is 5.82. The second-order valence-electron chi connectivity index (χ2n) is 3.85. The van der Waals surface area contributed by atoms with Gasteiger partial charge in [-0.25, -0.2) is 4.79 Å². The highest BCUT2D eigenvalue weighted by Gasteiger charge is 2.14. The maximum Gasteiger partial charge on any atom is 0.404 e.